The molecule has 0 aromatic heterocycles. The van der Waals surface area contributed by atoms with Crippen LogP contribution in [0.15, 0.2) is 0 Å². The number of nitro groups is 1. The van der Waals surface area contributed by atoms with Crippen LogP contribution in [0.2, 0.25) is 0 Å². The van der Waals surface area contributed by atoms with Crippen LogP contribution >= 0.6 is 0 Å². The van der Waals surface area contributed by atoms with E-state index >= 15 is 0 Å². The van der Waals surface area contributed by atoms with Crippen molar-refractivity contribution in [3.05, 3.63) is 10.1 Å². The van der Waals surface area contributed by atoms with Crippen LogP contribution in [0.1, 0.15) is 26.7 Å². The Morgan fingerprint density at radius 3 is 2.85 bits per heavy atom. The summed E-state index contributed by atoms with van der Waals surface area (Å²) in [5.41, 5.74) is -0.277. The van der Waals surface area contributed by atoms with Crippen LogP contribution in [0, 0.1) is 15.5 Å². The maximum atomic E-state index is 10.9. The van der Waals surface area contributed by atoms with Gasteiger partial charge in [-0.15, -0.1) is 0 Å². The molecule has 1 heterocycles. The summed E-state index contributed by atoms with van der Waals surface area (Å²) in [6.07, 6.45) is 0.440. The Bertz CT molecular complexity index is 234. The highest BCUT2D eigenvalue weighted by Gasteiger charge is 2.40. The van der Waals surface area contributed by atoms with E-state index in [1.165, 1.54) is 0 Å². The third kappa shape index (κ3) is 2.40. The summed E-state index contributed by atoms with van der Waals surface area (Å²) in [6.45, 7) is 3.47. The topological polar surface area (TPSA) is 69.4 Å². The van der Waals surface area contributed by atoms with Crippen molar-refractivity contribution in [1.82, 2.24) is 0 Å². The maximum absolute atomic E-state index is 10.9. The van der Waals surface area contributed by atoms with Gasteiger partial charge in [-0.05, 0) is 6.42 Å². The van der Waals surface area contributed by atoms with Crippen molar-refractivity contribution in [2.24, 2.45) is 5.41 Å². The molecule has 0 bridgehead atoms. The van der Waals surface area contributed by atoms with Gasteiger partial charge < -0.3 is 4.74 Å². The van der Waals surface area contributed by atoms with Gasteiger partial charge in [0.25, 0.3) is 0 Å². The Morgan fingerprint density at radius 2 is 2.31 bits per heavy atom. The van der Waals surface area contributed by atoms with Crippen LogP contribution in [0.5, 0.6) is 0 Å². The molecule has 0 unspecified atom stereocenters. The molecule has 0 spiro atoms. The summed E-state index contributed by atoms with van der Waals surface area (Å²) in [4.78, 5) is 20.7. The zero-order valence-electron chi connectivity index (χ0n) is 7.78. The highest BCUT2D eigenvalue weighted by molar-refractivity contribution is 5.70. The molecule has 0 saturated carbocycles. The quantitative estimate of drug-likeness (QED) is 0.367. The molecule has 1 aliphatic rings. The zero-order chi connectivity index (χ0) is 10.1. The molecule has 0 radical (unpaired) electrons. The van der Waals surface area contributed by atoms with E-state index < -0.39 is 11.0 Å². The molecule has 1 atom stereocenters. The normalized spacial score (nSPS) is 26.6. The molecule has 1 fully saturated rings. The molecule has 74 valence electrons. The van der Waals surface area contributed by atoms with Gasteiger partial charge >= 0.3 is 5.97 Å². The number of hydrogen-bond donors (Lipinski definition) is 0. The lowest BCUT2D eigenvalue weighted by atomic mass is 9.80. The number of carbonyl (C=O) groups is 1. The first-order chi connectivity index (χ1) is 5.92. The van der Waals surface area contributed by atoms with Crippen molar-refractivity contribution < 1.29 is 14.5 Å². The lowest BCUT2D eigenvalue weighted by Crippen LogP contribution is -2.43. The van der Waals surface area contributed by atoms with Crippen LogP contribution in [-0.4, -0.2) is 23.5 Å². The molecular weight excluding hydrogens is 174 g/mol. The predicted octanol–water partition coefficient (Wildman–Crippen LogP) is 0.995. The number of carbonyl (C=O) groups excluding carboxylic acids is 1. The van der Waals surface area contributed by atoms with Crippen LogP contribution in [-0.2, 0) is 9.53 Å². The first-order valence-electron chi connectivity index (χ1n) is 4.23. The van der Waals surface area contributed by atoms with Gasteiger partial charge in [0.05, 0.1) is 0 Å². The van der Waals surface area contributed by atoms with Gasteiger partial charge in [0.1, 0.15) is 0 Å². The SMILES string of the molecule is CC1(C)CCC(=O)O[C@@H]1C[N+](=O)[O-]. The van der Waals surface area contributed by atoms with Crippen molar-refractivity contribution in [2.45, 2.75) is 32.8 Å². The number of rotatable bonds is 2. The smallest absolute Gasteiger partial charge is 0.306 e. The Kier molecular flexibility index (Phi) is 2.54. The Hall–Kier alpha value is -1.13. The molecule has 0 N–H and O–H groups in total. The largest absolute Gasteiger partial charge is 0.455 e. The minimum Gasteiger partial charge on any atom is -0.455 e. The highest BCUT2D eigenvalue weighted by Crippen LogP contribution is 2.33. The van der Waals surface area contributed by atoms with Gasteiger partial charge in [-0.1, -0.05) is 13.8 Å². The Balaban J connectivity index is 2.66. The average molecular weight is 187 g/mol. The van der Waals surface area contributed by atoms with Crippen LogP contribution in [0.4, 0.5) is 0 Å². The van der Waals surface area contributed by atoms with E-state index in [9.17, 15) is 14.9 Å². The van der Waals surface area contributed by atoms with E-state index in [4.69, 9.17) is 4.74 Å². The summed E-state index contributed by atoms with van der Waals surface area (Å²) < 4.78 is 4.93. The summed E-state index contributed by atoms with van der Waals surface area (Å²) >= 11 is 0. The van der Waals surface area contributed by atoms with Crippen LogP contribution in [0.25, 0.3) is 0 Å². The van der Waals surface area contributed by atoms with Gasteiger partial charge in [0, 0.05) is 16.8 Å². The average Bonchev–Trinajstić information content (AvgIpc) is 1.97. The fourth-order valence-electron chi connectivity index (χ4n) is 1.38. The molecule has 1 aliphatic heterocycles. The molecule has 1 rings (SSSR count). The number of nitrogens with zero attached hydrogens (tertiary/aromatic N) is 1. The van der Waals surface area contributed by atoms with Crippen LogP contribution in [0.3, 0.4) is 0 Å². The maximum Gasteiger partial charge on any atom is 0.306 e. The Morgan fingerprint density at radius 1 is 1.69 bits per heavy atom. The van der Waals surface area contributed by atoms with E-state index in [2.05, 4.69) is 0 Å². The predicted molar refractivity (Wildman–Crippen MR) is 44.8 cm³/mol. The summed E-state index contributed by atoms with van der Waals surface area (Å²) in [7, 11) is 0. The minimum absolute atomic E-state index is 0.277. The van der Waals surface area contributed by atoms with Gasteiger partial charge in [-0.25, -0.2) is 0 Å². The van der Waals surface area contributed by atoms with Crippen molar-refractivity contribution in [2.75, 3.05) is 6.54 Å². The van der Waals surface area contributed by atoms with E-state index in [-0.39, 0.29) is 17.9 Å². The van der Waals surface area contributed by atoms with Crippen LogP contribution < -0.4 is 0 Å². The lowest BCUT2D eigenvalue weighted by molar-refractivity contribution is -0.494. The van der Waals surface area contributed by atoms with Gasteiger partial charge in [-0.3, -0.25) is 14.9 Å². The van der Waals surface area contributed by atoms with Gasteiger partial charge in [0.2, 0.25) is 6.54 Å². The molecule has 0 amide bonds. The number of esters is 1. The van der Waals surface area contributed by atoms with E-state index in [0.717, 1.165) is 0 Å². The first-order valence-corrected chi connectivity index (χ1v) is 4.23. The van der Waals surface area contributed by atoms with E-state index in [1.54, 1.807) is 0 Å². The molecule has 1 saturated heterocycles. The minimum atomic E-state index is -0.580. The van der Waals surface area contributed by atoms with E-state index in [1.807, 2.05) is 13.8 Å². The molecular formula is C8H13NO4. The monoisotopic (exact) mass is 187 g/mol. The standard InChI is InChI=1S/C8H13NO4/c1-8(2)4-3-7(10)13-6(8)5-9(11)12/h6H,3-5H2,1-2H3/t6-/m1/s1. The molecule has 13 heavy (non-hydrogen) atoms. The second kappa shape index (κ2) is 3.32. The fraction of sp³-hybridized carbons (Fsp3) is 0.875. The zero-order valence-corrected chi connectivity index (χ0v) is 7.78. The molecule has 0 aromatic rings. The number of hydrogen-bond acceptors (Lipinski definition) is 4. The molecule has 5 heteroatoms. The number of cyclic esters (lactones) is 1. The number of ether oxygens (including phenoxy) is 1. The second-order valence-corrected chi connectivity index (χ2v) is 3.98. The van der Waals surface area contributed by atoms with Crippen molar-refractivity contribution in [1.29, 1.82) is 0 Å². The fourth-order valence-corrected chi connectivity index (χ4v) is 1.38. The molecule has 0 aromatic carbocycles. The highest BCUT2D eigenvalue weighted by atomic mass is 16.6. The van der Waals surface area contributed by atoms with Crippen molar-refractivity contribution in [3.63, 3.8) is 0 Å². The first kappa shape index (κ1) is 9.95. The van der Waals surface area contributed by atoms with Crippen molar-refractivity contribution >= 4 is 5.97 Å². The van der Waals surface area contributed by atoms with Gasteiger partial charge in [0.15, 0.2) is 6.10 Å². The van der Waals surface area contributed by atoms with Crippen molar-refractivity contribution in [3.8, 4) is 0 Å². The molecule has 5 nitrogen and oxygen atoms in total. The second-order valence-electron chi connectivity index (χ2n) is 3.98. The van der Waals surface area contributed by atoms with E-state index in [0.29, 0.717) is 12.8 Å². The lowest BCUT2D eigenvalue weighted by Gasteiger charge is -2.35. The Labute approximate surface area is 76.2 Å². The third-order valence-electron chi connectivity index (χ3n) is 2.43. The summed E-state index contributed by atoms with van der Waals surface area (Å²) in [5, 5.41) is 10.3. The summed E-state index contributed by atoms with van der Waals surface area (Å²) in [5.74, 6) is -0.328. The summed E-state index contributed by atoms with van der Waals surface area (Å²) in [6, 6.07) is 0. The third-order valence-corrected chi connectivity index (χ3v) is 2.43. The molecule has 0 aliphatic carbocycles. The van der Waals surface area contributed by atoms with Gasteiger partial charge in [-0.2, -0.15) is 0 Å².